The Morgan fingerprint density at radius 2 is 2.03 bits per heavy atom. The second kappa shape index (κ2) is 7.30. The van der Waals surface area contributed by atoms with Gasteiger partial charge in [0.05, 0.1) is 23.3 Å². The molecule has 1 aromatic carbocycles. The molecular weight excluding hydrogens is 390 g/mol. The third kappa shape index (κ3) is 3.28. The number of benzene rings is 1. The number of nitrogens with zero attached hydrogens (tertiary/aromatic N) is 5. The predicted molar refractivity (Wildman–Crippen MR) is 113 cm³/mol. The van der Waals surface area contributed by atoms with E-state index in [1.165, 1.54) is 6.20 Å². The summed E-state index contributed by atoms with van der Waals surface area (Å²) in [6.45, 7) is 9.19. The van der Waals surface area contributed by atoms with Gasteiger partial charge in [-0.25, -0.2) is 14.8 Å². The smallest absolute Gasteiger partial charge is 0.281 e. The second-order valence-corrected chi connectivity index (χ2v) is 6.80. The lowest BCUT2D eigenvalue weighted by Crippen LogP contribution is -2.27. The van der Waals surface area contributed by atoms with E-state index in [0.717, 1.165) is 0 Å². The molecule has 29 heavy (non-hydrogen) atoms. The molecule has 0 radical (unpaired) electrons. The zero-order valence-corrected chi connectivity index (χ0v) is 16.1. The number of hydrogen-bond donors (Lipinski definition) is 2. The molecular formula is C20H16ClN7O. The molecule has 3 heterocycles. The monoisotopic (exact) mass is 405 g/mol. The van der Waals surface area contributed by atoms with Gasteiger partial charge in [-0.2, -0.15) is 0 Å². The molecule has 0 saturated carbocycles. The molecule has 0 aliphatic rings. The van der Waals surface area contributed by atoms with Gasteiger partial charge in [-0.05, 0) is 25.1 Å². The number of aromatic nitrogens is 4. The van der Waals surface area contributed by atoms with Crippen LogP contribution in [0.15, 0.2) is 59.8 Å². The fourth-order valence-electron chi connectivity index (χ4n) is 3.17. The van der Waals surface area contributed by atoms with Crippen molar-refractivity contribution in [3.05, 3.63) is 87.5 Å². The van der Waals surface area contributed by atoms with Crippen LogP contribution in [-0.2, 0) is 0 Å². The van der Waals surface area contributed by atoms with Crippen LogP contribution in [-0.4, -0.2) is 18.9 Å². The Kier molecular flexibility index (Phi) is 4.66. The molecule has 3 aromatic heterocycles. The van der Waals surface area contributed by atoms with E-state index < -0.39 is 0 Å². The Bertz CT molecular complexity index is 1300. The van der Waals surface area contributed by atoms with Crippen LogP contribution >= 0.6 is 11.6 Å². The first-order valence-electron chi connectivity index (χ1n) is 8.73. The Balaban J connectivity index is 1.90. The predicted octanol–water partition coefficient (Wildman–Crippen LogP) is 3.84. The zero-order chi connectivity index (χ0) is 20.5. The van der Waals surface area contributed by atoms with Crippen molar-refractivity contribution >= 4 is 34.6 Å². The average molecular weight is 406 g/mol. The van der Waals surface area contributed by atoms with Gasteiger partial charge in [-0.15, -0.1) is 0 Å². The summed E-state index contributed by atoms with van der Waals surface area (Å²) in [4.78, 5) is 24.7. The zero-order valence-electron chi connectivity index (χ0n) is 15.4. The number of hydrogen-bond acceptors (Lipinski definition) is 5. The number of nitrogen functional groups attached to an aromatic ring is 1. The van der Waals surface area contributed by atoms with Crippen LogP contribution < -0.4 is 16.6 Å². The van der Waals surface area contributed by atoms with Gasteiger partial charge >= 0.3 is 0 Å². The molecule has 0 spiro atoms. The molecule has 4 aromatic rings. The standard InChI is InChI=1S/C20H16ClN7O/c1-12(25-18-15(23-2)10-24-20(22)26-18)16-11-27-9-8-14(21)17(27)19(29)28(16)13-6-4-3-5-7-13/h3-12H,1H3,(H3,22,24,25,26). The Morgan fingerprint density at radius 1 is 1.28 bits per heavy atom. The van der Waals surface area contributed by atoms with Gasteiger partial charge in [0.25, 0.3) is 5.56 Å². The molecule has 0 aliphatic carbocycles. The van der Waals surface area contributed by atoms with Gasteiger partial charge in [0, 0.05) is 24.3 Å². The van der Waals surface area contributed by atoms with Crippen molar-refractivity contribution in [1.29, 1.82) is 0 Å². The van der Waals surface area contributed by atoms with E-state index >= 15 is 0 Å². The van der Waals surface area contributed by atoms with Crippen LogP contribution in [0.25, 0.3) is 16.0 Å². The Morgan fingerprint density at radius 3 is 2.76 bits per heavy atom. The van der Waals surface area contributed by atoms with E-state index in [1.807, 2.05) is 43.5 Å². The van der Waals surface area contributed by atoms with E-state index in [-0.39, 0.29) is 23.2 Å². The lowest BCUT2D eigenvalue weighted by atomic mass is 10.2. The molecule has 4 rings (SSSR count). The minimum Gasteiger partial charge on any atom is -0.371 e. The van der Waals surface area contributed by atoms with E-state index in [1.54, 1.807) is 21.2 Å². The van der Waals surface area contributed by atoms with E-state index in [0.29, 0.717) is 27.7 Å². The van der Waals surface area contributed by atoms with Gasteiger partial charge in [-0.3, -0.25) is 9.36 Å². The first kappa shape index (κ1) is 18.5. The number of para-hydroxylation sites is 1. The van der Waals surface area contributed by atoms with Crippen LogP contribution in [0.4, 0.5) is 17.5 Å². The lowest BCUT2D eigenvalue weighted by Gasteiger charge is -2.21. The third-order valence-corrected chi connectivity index (χ3v) is 4.83. The quantitative estimate of drug-likeness (QED) is 0.503. The van der Waals surface area contributed by atoms with Gasteiger partial charge in [0.15, 0.2) is 0 Å². The molecule has 144 valence electrons. The molecule has 3 N–H and O–H groups in total. The van der Waals surface area contributed by atoms with Crippen LogP contribution in [0.1, 0.15) is 18.7 Å². The molecule has 0 saturated heterocycles. The molecule has 0 fully saturated rings. The number of nitrogens with two attached hydrogens (primary N) is 1. The van der Waals surface area contributed by atoms with Crippen molar-refractivity contribution in [2.24, 2.45) is 0 Å². The number of anilines is 2. The highest BCUT2D eigenvalue weighted by Gasteiger charge is 2.19. The van der Waals surface area contributed by atoms with Gasteiger partial charge < -0.3 is 15.5 Å². The van der Waals surface area contributed by atoms with Crippen LogP contribution in [0.5, 0.6) is 0 Å². The number of halogens is 1. The largest absolute Gasteiger partial charge is 0.371 e. The molecule has 1 atom stereocenters. The Labute approximate surface area is 171 Å². The maximum atomic E-state index is 13.3. The minimum absolute atomic E-state index is 0.0557. The molecule has 8 nitrogen and oxygen atoms in total. The minimum atomic E-state index is -0.386. The van der Waals surface area contributed by atoms with Crippen LogP contribution in [0, 0.1) is 6.57 Å². The fourth-order valence-corrected chi connectivity index (χ4v) is 3.41. The van der Waals surface area contributed by atoms with Gasteiger partial charge in [0.2, 0.25) is 11.6 Å². The number of rotatable bonds is 4. The SMILES string of the molecule is [C-]#[N+]c1cnc(N)nc1NC(C)c1cn2ccc(Cl)c2c(=O)n1-c1ccccc1. The summed E-state index contributed by atoms with van der Waals surface area (Å²) in [5.74, 6) is 0.359. The highest BCUT2D eigenvalue weighted by Crippen LogP contribution is 2.28. The average Bonchev–Trinajstić information content (AvgIpc) is 3.09. The molecule has 0 aliphatic heterocycles. The van der Waals surface area contributed by atoms with E-state index in [4.69, 9.17) is 23.9 Å². The van der Waals surface area contributed by atoms with Crippen molar-refractivity contribution in [1.82, 2.24) is 18.9 Å². The molecule has 9 heteroatoms. The van der Waals surface area contributed by atoms with Crippen molar-refractivity contribution < 1.29 is 0 Å². The number of fused-ring (bicyclic) bond motifs is 1. The highest BCUT2D eigenvalue weighted by molar-refractivity contribution is 6.33. The van der Waals surface area contributed by atoms with Gasteiger partial charge in [0.1, 0.15) is 11.3 Å². The van der Waals surface area contributed by atoms with Crippen molar-refractivity contribution in [2.75, 3.05) is 11.1 Å². The van der Waals surface area contributed by atoms with Crippen LogP contribution in [0.3, 0.4) is 0 Å². The van der Waals surface area contributed by atoms with Gasteiger partial charge in [-0.1, -0.05) is 29.8 Å². The molecule has 1 unspecified atom stereocenters. The summed E-state index contributed by atoms with van der Waals surface area (Å²) in [7, 11) is 0. The number of nitrogens with one attached hydrogen (secondary N) is 1. The van der Waals surface area contributed by atoms with Crippen molar-refractivity contribution in [2.45, 2.75) is 13.0 Å². The van der Waals surface area contributed by atoms with E-state index in [2.05, 4.69) is 20.1 Å². The summed E-state index contributed by atoms with van der Waals surface area (Å²) in [6.07, 6.45) is 4.93. The normalized spacial score (nSPS) is 11.9. The first-order chi connectivity index (χ1) is 14.0. The van der Waals surface area contributed by atoms with Crippen molar-refractivity contribution in [3.8, 4) is 5.69 Å². The molecule has 0 amide bonds. The summed E-state index contributed by atoms with van der Waals surface area (Å²) in [5, 5.41) is 3.56. The maximum absolute atomic E-state index is 13.3. The summed E-state index contributed by atoms with van der Waals surface area (Å²) >= 11 is 6.24. The topological polar surface area (TPSA) is 94.6 Å². The highest BCUT2D eigenvalue weighted by atomic mass is 35.5. The Hall–Kier alpha value is -3.83. The second-order valence-electron chi connectivity index (χ2n) is 6.39. The van der Waals surface area contributed by atoms with Crippen LogP contribution in [0.2, 0.25) is 5.02 Å². The van der Waals surface area contributed by atoms with Crippen molar-refractivity contribution in [3.63, 3.8) is 0 Å². The molecule has 0 bridgehead atoms. The fraction of sp³-hybridized carbons (Fsp3) is 0.100. The summed E-state index contributed by atoms with van der Waals surface area (Å²) in [6, 6.07) is 10.6. The maximum Gasteiger partial charge on any atom is 0.281 e. The van der Waals surface area contributed by atoms with E-state index in [9.17, 15) is 4.79 Å². The first-order valence-corrected chi connectivity index (χ1v) is 9.11. The third-order valence-electron chi connectivity index (χ3n) is 4.52. The summed E-state index contributed by atoms with van der Waals surface area (Å²) in [5.41, 5.74) is 7.43. The summed E-state index contributed by atoms with van der Waals surface area (Å²) < 4.78 is 3.29. The lowest BCUT2D eigenvalue weighted by molar-refractivity contribution is 0.754.